The molecule has 1 amide bonds. The van der Waals surface area contributed by atoms with Crippen LogP contribution in [0.2, 0.25) is 0 Å². The molecular weight excluding hydrogens is 152 g/mol. The summed E-state index contributed by atoms with van der Waals surface area (Å²) >= 11 is 0. The molecule has 3 nitrogen and oxygen atoms in total. The van der Waals surface area contributed by atoms with Gasteiger partial charge in [0, 0.05) is 18.0 Å². The number of rotatable bonds is 4. The molecule has 0 aromatic heterocycles. The Bertz CT molecular complexity index is 195. The van der Waals surface area contributed by atoms with E-state index in [4.69, 9.17) is 5.73 Å². The standard InChI is InChI=1S/C9H16N2O/c10-9(5-6-9)4-3-8(12)11-7-1-2-7/h7H,1-6,10H2,(H,11,12). The number of carbonyl (C=O) groups excluding carboxylic acids is 1. The molecule has 2 aliphatic carbocycles. The molecule has 2 aliphatic rings. The number of hydrogen-bond acceptors (Lipinski definition) is 2. The lowest BCUT2D eigenvalue weighted by atomic mass is 10.1. The Labute approximate surface area is 72.7 Å². The SMILES string of the molecule is NC1(CCC(=O)NC2CC2)CC1. The van der Waals surface area contributed by atoms with Gasteiger partial charge in [0.25, 0.3) is 0 Å². The van der Waals surface area contributed by atoms with Crippen LogP contribution in [0.15, 0.2) is 0 Å². The fraction of sp³-hybridized carbons (Fsp3) is 0.889. The summed E-state index contributed by atoms with van der Waals surface area (Å²) in [5, 5.41) is 2.96. The number of nitrogens with one attached hydrogen (secondary N) is 1. The van der Waals surface area contributed by atoms with Gasteiger partial charge >= 0.3 is 0 Å². The van der Waals surface area contributed by atoms with Crippen LogP contribution >= 0.6 is 0 Å². The summed E-state index contributed by atoms with van der Waals surface area (Å²) in [7, 11) is 0. The van der Waals surface area contributed by atoms with Crippen LogP contribution in [-0.2, 0) is 4.79 Å². The predicted molar refractivity (Wildman–Crippen MR) is 46.6 cm³/mol. The quantitative estimate of drug-likeness (QED) is 0.643. The summed E-state index contributed by atoms with van der Waals surface area (Å²) in [6.07, 6.45) is 6.02. The summed E-state index contributed by atoms with van der Waals surface area (Å²) in [4.78, 5) is 11.2. The molecule has 68 valence electrons. The second kappa shape index (κ2) is 2.73. The maximum atomic E-state index is 11.2. The number of amides is 1. The molecule has 0 bridgehead atoms. The van der Waals surface area contributed by atoms with Crippen molar-refractivity contribution < 1.29 is 4.79 Å². The van der Waals surface area contributed by atoms with E-state index in [1.165, 1.54) is 12.8 Å². The third kappa shape index (κ3) is 2.21. The van der Waals surface area contributed by atoms with Crippen LogP contribution in [0.1, 0.15) is 38.5 Å². The first-order valence-electron chi connectivity index (χ1n) is 4.76. The molecule has 0 aromatic rings. The molecular formula is C9H16N2O. The van der Waals surface area contributed by atoms with Crippen molar-refractivity contribution in [3.8, 4) is 0 Å². The van der Waals surface area contributed by atoms with Crippen LogP contribution in [0.3, 0.4) is 0 Å². The Morgan fingerprint density at radius 1 is 1.50 bits per heavy atom. The van der Waals surface area contributed by atoms with E-state index >= 15 is 0 Å². The molecule has 3 heteroatoms. The third-order valence-electron chi connectivity index (χ3n) is 2.68. The van der Waals surface area contributed by atoms with Gasteiger partial charge < -0.3 is 11.1 Å². The molecule has 12 heavy (non-hydrogen) atoms. The minimum Gasteiger partial charge on any atom is -0.353 e. The van der Waals surface area contributed by atoms with Crippen molar-refractivity contribution in [1.82, 2.24) is 5.32 Å². The van der Waals surface area contributed by atoms with Crippen LogP contribution in [0.4, 0.5) is 0 Å². The summed E-state index contributed by atoms with van der Waals surface area (Å²) in [6, 6.07) is 0.491. The van der Waals surface area contributed by atoms with E-state index in [-0.39, 0.29) is 11.4 Å². The number of hydrogen-bond donors (Lipinski definition) is 2. The lowest BCUT2D eigenvalue weighted by Crippen LogP contribution is -2.29. The van der Waals surface area contributed by atoms with Crippen LogP contribution in [0, 0.1) is 0 Å². The number of nitrogens with two attached hydrogens (primary N) is 1. The summed E-state index contributed by atoms with van der Waals surface area (Å²) in [5.41, 5.74) is 5.89. The molecule has 0 spiro atoms. The van der Waals surface area contributed by atoms with Gasteiger partial charge in [0.2, 0.25) is 5.91 Å². The average Bonchev–Trinajstić information content (AvgIpc) is 2.87. The molecule has 2 fully saturated rings. The van der Waals surface area contributed by atoms with E-state index < -0.39 is 0 Å². The Morgan fingerprint density at radius 2 is 2.17 bits per heavy atom. The topological polar surface area (TPSA) is 55.1 Å². The van der Waals surface area contributed by atoms with Gasteiger partial charge in [0.05, 0.1) is 0 Å². The molecule has 0 heterocycles. The highest BCUT2D eigenvalue weighted by atomic mass is 16.1. The maximum Gasteiger partial charge on any atom is 0.220 e. The molecule has 0 unspecified atom stereocenters. The third-order valence-corrected chi connectivity index (χ3v) is 2.68. The predicted octanol–water partition coefficient (Wildman–Crippen LogP) is 0.536. The highest BCUT2D eigenvalue weighted by molar-refractivity contribution is 5.76. The van der Waals surface area contributed by atoms with Gasteiger partial charge in [-0.2, -0.15) is 0 Å². The van der Waals surface area contributed by atoms with Gasteiger partial charge in [-0.25, -0.2) is 0 Å². The second-order valence-corrected chi connectivity index (χ2v) is 4.20. The van der Waals surface area contributed by atoms with Crippen molar-refractivity contribution in [3.63, 3.8) is 0 Å². The smallest absolute Gasteiger partial charge is 0.220 e. The van der Waals surface area contributed by atoms with E-state index in [1.54, 1.807) is 0 Å². The van der Waals surface area contributed by atoms with Crippen LogP contribution in [-0.4, -0.2) is 17.5 Å². The minimum atomic E-state index is 0.0287. The summed E-state index contributed by atoms with van der Waals surface area (Å²) in [5.74, 6) is 0.189. The van der Waals surface area contributed by atoms with E-state index in [2.05, 4.69) is 5.32 Å². The zero-order valence-electron chi connectivity index (χ0n) is 7.31. The van der Waals surface area contributed by atoms with Gasteiger partial charge in [-0.1, -0.05) is 0 Å². The molecule has 0 radical (unpaired) electrons. The Hall–Kier alpha value is -0.570. The first-order chi connectivity index (χ1) is 5.68. The van der Waals surface area contributed by atoms with E-state index in [0.29, 0.717) is 12.5 Å². The van der Waals surface area contributed by atoms with Crippen LogP contribution in [0.5, 0.6) is 0 Å². The van der Waals surface area contributed by atoms with Crippen molar-refractivity contribution in [3.05, 3.63) is 0 Å². The van der Waals surface area contributed by atoms with E-state index in [0.717, 1.165) is 19.3 Å². The van der Waals surface area contributed by atoms with Gasteiger partial charge in [0.15, 0.2) is 0 Å². The van der Waals surface area contributed by atoms with Gasteiger partial charge in [-0.05, 0) is 32.1 Å². The Balaban J connectivity index is 1.61. The lowest BCUT2D eigenvalue weighted by molar-refractivity contribution is -0.121. The van der Waals surface area contributed by atoms with Crippen molar-refractivity contribution in [2.24, 2.45) is 5.73 Å². The monoisotopic (exact) mass is 168 g/mol. The average molecular weight is 168 g/mol. The van der Waals surface area contributed by atoms with Crippen LogP contribution < -0.4 is 11.1 Å². The molecule has 2 rings (SSSR count). The molecule has 0 aromatic carbocycles. The normalized spacial score (nSPS) is 25.1. The fourth-order valence-electron chi connectivity index (χ4n) is 1.30. The Kier molecular flexibility index (Phi) is 1.83. The minimum absolute atomic E-state index is 0.0287. The van der Waals surface area contributed by atoms with Gasteiger partial charge in [-0.15, -0.1) is 0 Å². The molecule has 0 atom stereocenters. The van der Waals surface area contributed by atoms with Crippen molar-refractivity contribution >= 4 is 5.91 Å². The zero-order valence-corrected chi connectivity index (χ0v) is 7.31. The van der Waals surface area contributed by atoms with Gasteiger partial charge in [0.1, 0.15) is 0 Å². The van der Waals surface area contributed by atoms with Crippen LogP contribution in [0.25, 0.3) is 0 Å². The van der Waals surface area contributed by atoms with E-state index in [9.17, 15) is 4.79 Å². The molecule has 2 saturated carbocycles. The molecule has 0 aliphatic heterocycles. The highest BCUT2D eigenvalue weighted by Gasteiger charge is 2.38. The zero-order chi connectivity index (χ0) is 8.60. The van der Waals surface area contributed by atoms with Crippen molar-refractivity contribution in [2.75, 3.05) is 0 Å². The van der Waals surface area contributed by atoms with Gasteiger partial charge in [-0.3, -0.25) is 4.79 Å². The van der Waals surface area contributed by atoms with Crippen molar-refractivity contribution in [1.29, 1.82) is 0 Å². The Morgan fingerprint density at radius 3 is 2.67 bits per heavy atom. The maximum absolute atomic E-state index is 11.2. The fourth-order valence-corrected chi connectivity index (χ4v) is 1.30. The first kappa shape index (κ1) is 8.05. The number of carbonyl (C=O) groups is 1. The summed E-state index contributed by atoms with van der Waals surface area (Å²) < 4.78 is 0. The summed E-state index contributed by atoms with van der Waals surface area (Å²) in [6.45, 7) is 0. The molecule has 0 saturated heterocycles. The lowest BCUT2D eigenvalue weighted by Gasteiger charge is -2.07. The molecule has 3 N–H and O–H groups in total. The highest BCUT2D eigenvalue weighted by Crippen LogP contribution is 2.36. The van der Waals surface area contributed by atoms with E-state index in [1.807, 2.05) is 0 Å². The largest absolute Gasteiger partial charge is 0.353 e. The van der Waals surface area contributed by atoms with Crippen molar-refractivity contribution in [2.45, 2.75) is 50.1 Å². The second-order valence-electron chi connectivity index (χ2n) is 4.20. The first-order valence-corrected chi connectivity index (χ1v) is 4.76.